The first kappa shape index (κ1) is 23.5. The predicted molar refractivity (Wildman–Crippen MR) is 132 cm³/mol. The number of aromatic nitrogens is 3. The van der Waals surface area contributed by atoms with Crippen LogP contribution in [0.2, 0.25) is 0 Å². The van der Waals surface area contributed by atoms with Gasteiger partial charge in [0.15, 0.2) is 0 Å². The summed E-state index contributed by atoms with van der Waals surface area (Å²) >= 11 is 0. The third-order valence-electron chi connectivity index (χ3n) is 6.13. The predicted octanol–water partition coefficient (Wildman–Crippen LogP) is 4.30. The molecule has 0 amide bonds. The smallest absolute Gasteiger partial charge is 0.0548 e. The molecule has 0 unspecified atom stereocenters. The highest BCUT2D eigenvalue weighted by Crippen LogP contribution is 2.15. The van der Waals surface area contributed by atoms with E-state index in [-0.39, 0.29) is 0 Å². The monoisotopic (exact) mass is 444 g/mol. The summed E-state index contributed by atoms with van der Waals surface area (Å²) < 4.78 is 0. The molecular formula is C27H36N6. The summed E-state index contributed by atoms with van der Waals surface area (Å²) in [5.41, 5.74) is 6.49. The number of fused-ring (bicyclic) bond motifs is 6. The molecule has 0 aromatic carbocycles. The van der Waals surface area contributed by atoms with Crippen LogP contribution in [0.15, 0.2) is 54.6 Å². The molecule has 0 saturated carbocycles. The number of nitrogens with zero attached hydrogens (tertiary/aromatic N) is 5. The number of rotatable bonds is 2. The first-order valence-electron chi connectivity index (χ1n) is 12.0. The lowest BCUT2D eigenvalue weighted by molar-refractivity contribution is 0.192. The lowest BCUT2D eigenvalue weighted by atomic mass is 10.2. The average molecular weight is 445 g/mol. The molecule has 33 heavy (non-hydrogen) atoms. The third kappa shape index (κ3) is 6.67. The van der Waals surface area contributed by atoms with Gasteiger partial charge in [-0.15, -0.1) is 0 Å². The summed E-state index contributed by atoms with van der Waals surface area (Å²) in [5.74, 6) is 0. The summed E-state index contributed by atoms with van der Waals surface area (Å²) in [6, 6.07) is 19.8. The molecule has 1 aliphatic heterocycles. The lowest BCUT2D eigenvalue weighted by Crippen LogP contribution is -2.32. The molecule has 1 N–H and O–H groups in total. The molecule has 6 bridgehead atoms. The zero-order chi connectivity index (χ0) is 23.2. The fourth-order valence-electron chi connectivity index (χ4n) is 4.13. The summed E-state index contributed by atoms with van der Waals surface area (Å²) in [5, 5.41) is 3.52. The highest BCUT2D eigenvalue weighted by Gasteiger charge is 2.16. The topological polar surface area (TPSA) is 57.2 Å². The van der Waals surface area contributed by atoms with Gasteiger partial charge in [-0.1, -0.05) is 18.2 Å². The lowest BCUT2D eigenvalue weighted by Gasteiger charge is -2.28. The Morgan fingerprint density at radius 3 is 1.18 bits per heavy atom. The molecule has 1 aliphatic rings. The fourth-order valence-corrected chi connectivity index (χ4v) is 4.13. The van der Waals surface area contributed by atoms with Gasteiger partial charge in [-0.3, -0.25) is 24.8 Å². The quantitative estimate of drug-likeness (QED) is 0.636. The van der Waals surface area contributed by atoms with E-state index in [1.807, 2.05) is 0 Å². The molecule has 4 rings (SSSR count). The Hall–Kier alpha value is -2.67. The van der Waals surface area contributed by atoms with Crippen molar-refractivity contribution in [2.75, 3.05) is 0 Å². The molecule has 0 fully saturated rings. The molecule has 0 spiro atoms. The van der Waals surface area contributed by atoms with Crippen molar-refractivity contribution in [2.24, 2.45) is 0 Å². The Bertz CT molecular complexity index is 969. The molecule has 6 heteroatoms. The molecule has 0 radical (unpaired) electrons. The zero-order valence-corrected chi connectivity index (χ0v) is 20.3. The highest BCUT2D eigenvalue weighted by molar-refractivity contribution is 5.15. The van der Waals surface area contributed by atoms with Crippen LogP contribution in [0.4, 0.5) is 0 Å². The van der Waals surface area contributed by atoms with Crippen LogP contribution in [0, 0.1) is 0 Å². The Morgan fingerprint density at radius 2 is 0.848 bits per heavy atom. The second-order valence-corrected chi connectivity index (χ2v) is 9.46. The van der Waals surface area contributed by atoms with Crippen LogP contribution in [-0.2, 0) is 39.3 Å². The first-order valence-corrected chi connectivity index (χ1v) is 12.0. The van der Waals surface area contributed by atoms with Gasteiger partial charge in [0.1, 0.15) is 0 Å². The van der Waals surface area contributed by atoms with E-state index >= 15 is 0 Å². The van der Waals surface area contributed by atoms with Crippen molar-refractivity contribution in [3.8, 4) is 0 Å². The zero-order valence-electron chi connectivity index (χ0n) is 20.3. The van der Waals surface area contributed by atoms with E-state index in [0.29, 0.717) is 12.1 Å². The van der Waals surface area contributed by atoms with E-state index in [1.165, 1.54) is 0 Å². The van der Waals surface area contributed by atoms with Crippen molar-refractivity contribution in [1.29, 1.82) is 0 Å². The van der Waals surface area contributed by atoms with E-state index in [9.17, 15) is 0 Å². The molecular weight excluding hydrogens is 408 g/mol. The summed E-state index contributed by atoms with van der Waals surface area (Å²) in [7, 11) is 0. The van der Waals surface area contributed by atoms with E-state index in [2.05, 4.69) is 97.4 Å². The molecule has 174 valence electrons. The number of pyridine rings is 3. The van der Waals surface area contributed by atoms with Crippen molar-refractivity contribution >= 4 is 0 Å². The standard InChI is InChI=1S/C27H36N6/c1-20(2)32-16-24-10-5-8-22(29-24)14-28-15-23-9-6-11-25(30-23)17-33(21(3)4)19-27-13-7-12-26(18-32)31-27/h5-13,20-21,28H,14-19H2,1-4H3. The highest BCUT2D eigenvalue weighted by atomic mass is 15.2. The largest absolute Gasteiger partial charge is 0.306 e. The maximum absolute atomic E-state index is 5.03. The van der Waals surface area contributed by atoms with E-state index in [0.717, 1.165) is 73.4 Å². The van der Waals surface area contributed by atoms with E-state index in [1.54, 1.807) is 0 Å². The first-order chi connectivity index (χ1) is 16.0. The van der Waals surface area contributed by atoms with Gasteiger partial charge < -0.3 is 5.32 Å². The minimum atomic E-state index is 0.396. The minimum Gasteiger partial charge on any atom is -0.306 e. The maximum atomic E-state index is 5.03. The van der Waals surface area contributed by atoms with Gasteiger partial charge in [0, 0.05) is 51.4 Å². The van der Waals surface area contributed by atoms with Gasteiger partial charge >= 0.3 is 0 Å². The van der Waals surface area contributed by atoms with Gasteiger partial charge in [0.25, 0.3) is 0 Å². The van der Waals surface area contributed by atoms with E-state index in [4.69, 9.17) is 15.0 Å². The number of nitrogens with one attached hydrogen (secondary N) is 1. The molecule has 4 heterocycles. The van der Waals surface area contributed by atoms with Gasteiger partial charge in [0.2, 0.25) is 0 Å². The van der Waals surface area contributed by atoms with Gasteiger partial charge in [-0.25, -0.2) is 0 Å². The van der Waals surface area contributed by atoms with Crippen molar-refractivity contribution in [2.45, 2.75) is 79.0 Å². The maximum Gasteiger partial charge on any atom is 0.0548 e. The van der Waals surface area contributed by atoms with Crippen LogP contribution < -0.4 is 5.32 Å². The fraction of sp³-hybridized carbons (Fsp3) is 0.444. The van der Waals surface area contributed by atoms with Crippen LogP contribution >= 0.6 is 0 Å². The van der Waals surface area contributed by atoms with Crippen LogP contribution in [0.3, 0.4) is 0 Å². The molecule has 0 saturated heterocycles. The van der Waals surface area contributed by atoms with Crippen LogP contribution in [0.25, 0.3) is 0 Å². The number of hydrogen-bond donors (Lipinski definition) is 1. The van der Waals surface area contributed by atoms with Crippen molar-refractivity contribution < 1.29 is 0 Å². The number of hydrogen-bond acceptors (Lipinski definition) is 6. The summed E-state index contributed by atoms with van der Waals surface area (Å²) in [6.45, 7) is 13.6. The molecule has 6 nitrogen and oxygen atoms in total. The minimum absolute atomic E-state index is 0.396. The Kier molecular flexibility index (Phi) is 7.81. The Labute approximate surface area is 198 Å². The molecule has 3 aromatic heterocycles. The Morgan fingerprint density at radius 1 is 0.545 bits per heavy atom. The normalized spacial score (nSPS) is 16.5. The van der Waals surface area contributed by atoms with Crippen molar-refractivity contribution in [3.05, 3.63) is 88.8 Å². The third-order valence-corrected chi connectivity index (χ3v) is 6.13. The van der Waals surface area contributed by atoms with Gasteiger partial charge in [-0.05, 0) is 64.1 Å². The molecule has 0 aliphatic carbocycles. The average Bonchev–Trinajstić information content (AvgIpc) is 2.78. The van der Waals surface area contributed by atoms with Crippen LogP contribution in [0.1, 0.15) is 61.9 Å². The van der Waals surface area contributed by atoms with E-state index < -0.39 is 0 Å². The Balaban J connectivity index is 1.67. The SMILES string of the molecule is CC(C)N1Cc2cccc(n2)CNCc2cccc(n2)CN(C(C)C)Cc2cccc(n2)C1. The summed E-state index contributed by atoms with van der Waals surface area (Å²) in [4.78, 5) is 19.7. The second kappa shape index (κ2) is 11.0. The van der Waals surface area contributed by atoms with Gasteiger partial charge in [-0.2, -0.15) is 0 Å². The van der Waals surface area contributed by atoms with Crippen LogP contribution in [0.5, 0.6) is 0 Å². The molecule has 3 aromatic rings. The van der Waals surface area contributed by atoms with Crippen molar-refractivity contribution in [3.63, 3.8) is 0 Å². The van der Waals surface area contributed by atoms with Crippen LogP contribution in [-0.4, -0.2) is 36.8 Å². The van der Waals surface area contributed by atoms with Gasteiger partial charge in [0.05, 0.1) is 34.2 Å². The second-order valence-electron chi connectivity index (χ2n) is 9.46. The van der Waals surface area contributed by atoms with Crippen molar-refractivity contribution in [1.82, 2.24) is 30.1 Å². The summed E-state index contributed by atoms with van der Waals surface area (Å²) in [6.07, 6.45) is 0. The molecule has 0 atom stereocenters.